The third-order valence-electron chi connectivity index (χ3n) is 5.26. The number of aryl methyl sites for hydroxylation is 2. The Hall–Kier alpha value is -2.12. The lowest BCUT2D eigenvalue weighted by Gasteiger charge is -2.31. The normalized spacial score (nSPS) is 16.6. The summed E-state index contributed by atoms with van der Waals surface area (Å²) in [5, 5.41) is 2.96. The van der Waals surface area contributed by atoms with E-state index in [0.29, 0.717) is 5.76 Å². The highest BCUT2D eigenvalue weighted by atomic mass is 32.2. The molecule has 1 aliphatic carbocycles. The number of furan rings is 1. The largest absolute Gasteiger partial charge is 0.448 e. The molecule has 1 aromatic carbocycles. The fourth-order valence-corrected chi connectivity index (χ4v) is 4.54. The first-order valence-corrected chi connectivity index (χ1v) is 10.5. The Bertz CT molecular complexity index is 954. The summed E-state index contributed by atoms with van der Waals surface area (Å²) in [5.74, 6) is -0.00910. The van der Waals surface area contributed by atoms with Crippen molar-refractivity contribution < 1.29 is 17.6 Å². The molecule has 27 heavy (non-hydrogen) atoms. The first kappa shape index (κ1) is 19.6. The van der Waals surface area contributed by atoms with Crippen molar-refractivity contribution in [1.29, 1.82) is 0 Å². The standard InChI is InChI=1S/C20H26N2O4S/c1-14-8-7-9-16(12-14)20(10-5-6-11-20)21-19(23)17-13-18(26-15(17)2)27(24,25)22(3)4/h7-9,12-13H,5-6,10-11H2,1-4H3,(H,21,23). The average Bonchev–Trinajstić information content (AvgIpc) is 3.22. The van der Waals surface area contributed by atoms with Crippen molar-refractivity contribution in [3.63, 3.8) is 0 Å². The molecule has 1 saturated carbocycles. The molecule has 1 N–H and O–H groups in total. The van der Waals surface area contributed by atoms with E-state index in [-0.39, 0.29) is 16.6 Å². The Morgan fingerprint density at radius 3 is 2.41 bits per heavy atom. The number of amides is 1. The minimum atomic E-state index is -3.73. The van der Waals surface area contributed by atoms with Crippen molar-refractivity contribution >= 4 is 15.9 Å². The molecule has 1 amide bonds. The lowest BCUT2D eigenvalue weighted by atomic mass is 9.87. The maximum absolute atomic E-state index is 13.0. The second-order valence-electron chi connectivity index (χ2n) is 7.44. The minimum Gasteiger partial charge on any atom is -0.448 e. The predicted molar refractivity (Wildman–Crippen MR) is 103 cm³/mol. The quantitative estimate of drug-likeness (QED) is 0.849. The first-order chi connectivity index (χ1) is 12.7. The number of sulfonamides is 1. The summed E-state index contributed by atoms with van der Waals surface area (Å²) in [7, 11) is -0.868. The van der Waals surface area contributed by atoms with Crippen LogP contribution >= 0.6 is 0 Å². The van der Waals surface area contributed by atoms with Crippen molar-refractivity contribution in [2.45, 2.75) is 50.2 Å². The molecule has 2 aromatic rings. The molecule has 1 aromatic heterocycles. The van der Waals surface area contributed by atoms with Crippen molar-refractivity contribution in [2.75, 3.05) is 14.1 Å². The Morgan fingerprint density at radius 2 is 1.81 bits per heavy atom. The van der Waals surface area contributed by atoms with Gasteiger partial charge < -0.3 is 9.73 Å². The lowest BCUT2D eigenvalue weighted by molar-refractivity contribution is 0.0896. The molecule has 0 radical (unpaired) electrons. The van der Waals surface area contributed by atoms with Gasteiger partial charge in [0.2, 0.25) is 5.09 Å². The van der Waals surface area contributed by atoms with Gasteiger partial charge in [-0.25, -0.2) is 12.7 Å². The Morgan fingerprint density at radius 1 is 1.15 bits per heavy atom. The van der Waals surface area contributed by atoms with E-state index in [4.69, 9.17) is 4.42 Å². The molecule has 146 valence electrons. The van der Waals surface area contributed by atoms with Gasteiger partial charge in [-0.2, -0.15) is 0 Å². The van der Waals surface area contributed by atoms with E-state index in [2.05, 4.69) is 11.4 Å². The molecular weight excluding hydrogens is 364 g/mol. The molecule has 0 unspecified atom stereocenters. The van der Waals surface area contributed by atoms with Crippen LogP contribution in [0.3, 0.4) is 0 Å². The summed E-state index contributed by atoms with van der Waals surface area (Å²) in [4.78, 5) is 13.0. The molecule has 0 spiro atoms. The zero-order valence-electron chi connectivity index (χ0n) is 16.2. The van der Waals surface area contributed by atoms with Gasteiger partial charge in [0.05, 0.1) is 11.1 Å². The highest BCUT2D eigenvalue weighted by molar-refractivity contribution is 7.88. The monoisotopic (exact) mass is 390 g/mol. The van der Waals surface area contributed by atoms with E-state index in [1.54, 1.807) is 6.92 Å². The number of nitrogens with one attached hydrogen (secondary N) is 1. The summed E-state index contributed by atoms with van der Waals surface area (Å²) < 4.78 is 31.0. The van der Waals surface area contributed by atoms with Crippen molar-refractivity contribution in [2.24, 2.45) is 0 Å². The van der Waals surface area contributed by atoms with Gasteiger partial charge in [0.1, 0.15) is 5.76 Å². The molecule has 1 fully saturated rings. The molecule has 3 rings (SSSR count). The van der Waals surface area contributed by atoms with Crippen LogP contribution in [0.2, 0.25) is 0 Å². The predicted octanol–water partition coefficient (Wildman–Crippen LogP) is 3.35. The van der Waals surface area contributed by atoms with Gasteiger partial charge in [0.25, 0.3) is 15.9 Å². The van der Waals surface area contributed by atoms with Gasteiger partial charge in [-0.3, -0.25) is 4.79 Å². The number of rotatable bonds is 5. The van der Waals surface area contributed by atoms with Gasteiger partial charge >= 0.3 is 0 Å². The van der Waals surface area contributed by atoms with E-state index in [0.717, 1.165) is 41.1 Å². The highest BCUT2D eigenvalue weighted by Gasteiger charge is 2.38. The molecule has 1 heterocycles. The van der Waals surface area contributed by atoms with Gasteiger partial charge in [-0.05, 0) is 32.3 Å². The number of carbonyl (C=O) groups excluding carboxylic acids is 1. The van der Waals surface area contributed by atoms with E-state index in [1.807, 2.05) is 25.1 Å². The van der Waals surface area contributed by atoms with Crippen LogP contribution in [-0.4, -0.2) is 32.7 Å². The summed E-state index contributed by atoms with van der Waals surface area (Å²) in [6, 6.07) is 9.51. The summed E-state index contributed by atoms with van der Waals surface area (Å²) in [6.45, 7) is 3.64. The smallest absolute Gasteiger partial charge is 0.275 e. The average molecular weight is 391 g/mol. The molecule has 6 nitrogen and oxygen atoms in total. The Balaban J connectivity index is 1.93. The fourth-order valence-electron chi connectivity index (χ4n) is 3.68. The lowest BCUT2D eigenvalue weighted by Crippen LogP contribution is -2.44. The number of carbonyl (C=O) groups is 1. The van der Waals surface area contributed by atoms with Crippen LogP contribution in [0.1, 0.15) is 52.9 Å². The minimum absolute atomic E-state index is 0.217. The third-order valence-corrected chi connectivity index (χ3v) is 6.93. The molecular formula is C20H26N2O4S. The van der Waals surface area contributed by atoms with E-state index in [9.17, 15) is 13.2 Å². The Kier molecular flexibility index (Phi) is 5.18. The van der Waals surface area contributed by atoms with Crippen LogP contribution in [0.25, 0.3) is 0 Å². The van der Waals surface area contributed by atoms with Crippen LogP contribution in [0, 0.1) is 13.8 Å². The summed E-state index contributed by atoms with van der Waals surface area (Å²) >= 11 is 0. The molecule has 0 aliphatic heterocycles. The second-order valence-corrected chi connectivity index (χ2v) is 9.52. The number of nitrogens with zero attached hydrogens (tertiary/aromatic N) is 1. The van der Waals surface area contributed by atoms with Crippen molar-refractivity contribution in [3.05, 3.63) is 52.8 Å². The van der Waals surface area contributed by atoms with E-state index < -0.39 is 15.6 Å². The zero-order chi connectivity index (χ0) is 19.8. The van der Waals surface area contributed by atoms with Crippen LogP contribution in [0.15, 0.2) is 39.8 Å². The topological polar surface area (TPSA) is 79.6 Å². The van der Waals surface area contributed by atoms with Crippen molar-refractivity contribution in [1.82, 2.24) is 9.62 Å². The van der Waals surface area contributed by atoms with Crippen molar-refractivity contribution in [3.8, 4) is 0 Å². The highest BCUT2D eigenvalue weighted by Crippen LogP contribution is 2.39. The van der Waals surface area contributed by atoms with Crippen LogP contribution in [-0.2, 0) is 15.6 Å². The molecule has 7 heteroatoms. The van der Waals surface area contributed by atoms with Gasteiger partial charge in [0, 0.05) is 20.2 Å². The SMILES string of the molecule is Cc1cccc(C2(NC(=O)c3cc(S(=O)(=O)N(C)C)oc3C)CCCC2)c1. The molecule has 1 aliphatic rings. The number of hydrogen-bond acceptors (Lipinski definition) is 4. The number of benzene rings is 1. The maximum Gasteiger partial charge on any atom is 0.275 e. The van der Waals surface area contributed by atoms with Gasteiger partial charge in [-0.15, -0.1) is 0 Å². The first-order valence-electron chi connectivity index (χ1n) is 9.08. The second kappa shape index (κ2) is 7.13. The van der Waals surface area contributed by atoms with Crippen LogP contribution < -0.4 is 5.32 Å². The van der Waals surface area contributed by atoms with E-state index in [1.165, 1.54) is 20.2 Å². The fraction of sp³-hybridized carbons (Fsp3) is 0.450. The van der Waals surface area contributed by atoms with Gasteiger partial charge in [-0.1, -0.05) is 42.7 Å². The summed E-state index contributed by atoms with van der Waals surface area (Å²) in [6.07, 6.45) is 3.81. The van der Waals surface area contributed by atoms with E-state index >= 15 is 0 Å². The molecule has 0 bridgehead atoms. The molecule has 0 saturated heterocycles. The molecule has 0 atom stereocenters. The van der Waals surface area contributed by atoms with Crippen LogP contribution in [0.4, 0.5) is 0 Å². The third kappa shape index (κ3) is 3.66. The Labute approximate surface area is 160 Å². The van der Waals surface area contributed by atoms with Gasteiger partial charge in [0.15, 0.2) is 0 Å². The maximum atomic E-state index is 13.0. The number of hydrogen-bond donors (Lipinski definition) is 1. The summed E-state index contributed by atoms with van der Waals surface area (Å²) in [5.41, 5.74) is 2.07. The van der Waals surface area contributed by atoms with Crippen LogP contribution in [0.5, 0.6) is 0 Å². The zero-order valence-corrected chi connectivity index (χ0v) is 17.0.